The first-order chi connectivity index (χ1) is 7.41. The molecule has 0 saturated carbocycles. The lowest BCUT2D eigenvalue weighted by atomic mass is 10.1. The molecule has 3 nitrogen and oxygen atoms in total. The quantitative estimate of drug-likeness (QED) is 0.859. The molecular weight excluding hydrogens is 216 g/mol. The van der Waals surface area contributed by atoms with Gasteiger partial charge >= 0.3 is 5.97 Å². The molecule has 5 heteroatoms. The molecule has 0 radical (unpaired) electrons. The molecule has 1 N–H and O–H groups in total. The van der Waals surface area contributed by atoms with Crippen molar-refractivity contribution in [1.29, 1.82) is 0 Å². The van der Waals surface area contributed by atoms with Crippen molar-refractivity contribution in [1.82, 2.24) is 0 Å². The van der Waals surface area contributed by atoms with E-state index in [1.54, 1.807) is 19.0 Å². The second kappa shape index (κ2) is 4.92. The van der Waals surface area contributed by atoms with E-state index in [1.807, 2.05) is 0 Å². The second-order valence-corrected chi connectivity index (χ2v) is 3.68. The molecule has 1 aromatic rings. The van der Waals surface area contributed by atoms with Gasteiger partial charge in [-0.1, -0.05) is 0 Å². The Kier molecular flexibility index (Phi) is 3.82. The maximum absolute atomic E-state index is 13.0. The van der Waals surface area contributed by atoms with Crippen LogP contribution in [0.2, 0.25) is 0 Å². The number of hydrogen-bond acceptors (Lipinski definition) is 2. The molecule has 16 heavy (non-hydrogen) atoms. The third-order valence-electron chi connectivity index (χ3n) is 2.21. The molecule has 0 bridgehead atoms. The van der Waals surface area contributed by atoms with Gasteiger partial charge in [0, 0.05) is 32.3 Å². The molecule has 0 aromatic heterocycles. The van der Waals surface area contributed by atoms with Crippen molar-refractivity contribution in [2.45, 2.75) is 12.8 Å². The first kappa shape index (κ1) is 12.4. The summed E-state index contributed by atoms with van der Waals surface area (Å²) in [4.78, 5) is 12.0. The molecule has 0 heterocycles. The van der Waals surface area contributed by atoms with E-state index in [-0.39, 0.29) is 12.8 Å². The van der Waals surface area contributed by atoms with Gasteiger partial charge in [-0.25, -0.2) is 8.78 Å². The summed E-state index contributed by atoms with van der Waals surface area (Å²) in [6, 6.07) is 2.13. The third-order valence-corrected chi connectivity index (χ3v) is 2.21. The second-order valence-electron chi connectivity index (χ2n) is 3.68. The SMILES string of the molecule is CN(C)c1cc(F)c(F)cc1CCC(=O)O. The number of aryl methyl sites for hydroxylation is 1. The van der Waals surface area contributed by atoms with E-state index in [2.05, 4.69) is 0 Å². The predicted octanol–water partition coefficient (Wildman–Crippen LogP) is 2.05. The van der Waals surface area contributed by atoms with Gasteiger partial charge in [0.2, 0.25) is 0 Å². The largest absolute Gasteiger partial charge is 0.481 e. The topological polar surface area (TPSA) is 40.5 Å². The zero-order chi connectivity index (χ0) is 12.3. The van der Waals surface area contributed by atoms with Crippen LogP contribution in [0.25, 0.3) is 0 Å². The fourth-order valence-electron chi connectivity index (χ4n) is 1.44. The predicted molar refractivity (Wildman–Crippen MR) is 56.6 cm³/mol. The average Bonchev–Trinajstić information content (AvgIpc) is 2.18. The van der Waals surface area contributed by atoms with Gasteiger partial charge in [0.1, 0.15) is 0 Å². The number of carbonyl (C=O) groups is 1. The maximum Gasteiger partial charge on any atom is 0.303 e. The third kappa shape index (κ3) is 2.92. The minimum absolute atomic E-state index is 0.105. The molecule has 88 valence electrons. The normalized spacial score (nSPS) is 10.2. The van der Waals surface area contributed by atoms with E-state index in [1.165, 1.54) is 0 Å². The summed E-state index contributed by atoms with van der Waals surface area (Å²) < 4.78 is 26.0. The fourth-order valence-corrected chi connectivity index (χ4v) is 1.44. The minimum atomic E-state index is -0.963. The molecule has 0 aliphatic heterocycles. The van der Waals surface area contributed by atoms with Crippen LogP contribution in [0.3, 0.4) is 0 Å². The van der Waals surface area contributed by atoms with Crippen molar-refractivity contribution in [2.24, 2.45) is 0 Å². The summed E-state index contributed by atoms with van der Waals surface area (Å²) in [6.45, 7) is 0. The molecule has 0 atom stereocenters. The van der Waals surface area contributed by atoms with Crippen LogP contribution in [0, 0.1) is 11.6 Å². The zero-order valence-electron chi connectivity index (χ0n) is 9.13. The summed E-state index contributed by atoms with van der Waals surface area (Å²) in [5.74, 6) is -2.84. The summed E-state index contributed by atoms with van der Waals surface area (Å²) in [5.41, 5.74) is 0.992. The van der Waals surface area contributed by atoms with Crippen LogP contribution < -0.4 is 4.90 Å². The lowest BCUT2D eigenvalue weighted by Gasteiger charge is -2.17. The van der Waals surface area contributed by atoms with Crippen molar-refractivity contribution >= 4 is 11.7 Å². The van der Waals surface area contributed by atoms with Gasteiger partial charge in [-0.2, -0.15) is 0 Å². The van der Waals surface area contributed by atoms with Crippen LogP contribution in [0.5, 0.6) is 0 Å². The van der Waals surface area contributed by atoms with Gasteiger partial charge in [0.25, 0.3) is 0 Å². The van der Waals surface area contributed by atoms with Crippen LogP contribution in [-0.4, -0.2) is 25.2 Å². The Bertz CT molecular complexity index is 405. The van der Waals surface area contributed by atoms with Gasteiger partial charge in [-0.05, 0) is 18.1 Å². The van der Waals surface area contributed by atoms with E-state index in [4.69, 9.17) is 5.11 Å². The maximum atomic E-state index is 13.0. The smallest absolute Gasteiger partial charge is 0.303 e. The van der Waals surface area contributed by atoms with Crippen LogP contribution in [0.15, 0.2) is 12.1 Å². The van der Waals surface area contributed by atoms with E-state index < -0.39 is 17.6 Å². The van der Waals surface area contributed by atoms with Crippen molar-refractivity contribution in [2.75, 3.05) is 19.0 Å². The van der Waals surface area contributed by atoms with Gasteiger partial charge < -0.3 is 10.0 Å². The highest BCUT2D eigenvalue weighted by molar-refractivity contribution is 5.68. The van der Waals surface area contributed by atoms with Crippen molar-refractivity contribution in [3.63, 3.8) is 0 Å². The van der Waals surface area contributed by atoms with Crippen LogP contribution in [-0.2, 0) is 11.2 Å². The Hall–Kier alpha value is -1.65. The number of aliphatic carboxylic acids is 1. The van der Waals surface area contributed by atoms with E-state index in [0.717, 1.165) is 12.1 Å². The Morgan fingerprint density at radius 1 is 1.31 bits per heavy atom. The molecule has 0 unspecified atom stereocenters. The number of hydrogen-bond donors (Lipinski definition) is 1. The van der Waals surface area contributed by atoms with Gasteiger partial charge in [-0.3, -0.25) is 4.79 Å². The summed E-state index contributed by atoms with van der Waals surface area (Å²) in [7, 11) is 3.38. The Labute approximate surface area is 92.3 Å². The number of nitrogens with zero attached hydrogens (tertiary/aromatic N) is 1. The Morgan fingerprint density at radius 2 is 1.88 bits per heavy atom. The molecule has 0 fully saturated rings. The van der Waals surface area contributed by atoms with Crippen LogP contribution >= 0.6 is 0 Å². The Balaban J connectivity index is 3.04. The van der Waals surface area contributed by atoms with Gasteiger partial charge in [0.15, 0.2) is 11.6 Å². The first-order valence-corrected chi connectivity index (χ1v) is 4.79. The number of carboxylic acids is 1. The molecule has 1 rings (SSSR count). The molecular formula is C11H13F2NO2. The van der Waals surface area contributed by atoms with Crippen molar-refractivity contribution in [3.05, 3.63) is 29.3 Å². The number of rotatable bonds is 4. The number of benzene rings is 1. The number of carboxylic acid groups (broad SMARTS) is 1. The highest BCUT2D eigenvalue weighted by Crippen LogP contribution is 2.23. The standard InChI is InChI=1S/C11H13F2NO2/c1-14(2)10-6-9(13)8(12)5-7(10)3-4-11(15)16/h5-6H,3-4H2,1-2H3,(H,15,16). The molecule has 0 aliphatic carbocycles. The molecule has 0 amide bonds. The number of anilines is 1. The number of halogens is 2. The fraction of sp³-hybridized carbons (Fsp3) is 0.364. The summed E-state index contributed by atoms with van der Waals surface area (Å²) in [5, 5.41) is 8.55. The zero-order valence-corrected chi connectivity index (χ0v) is 9.13. The molecule has 1 aromatic carbocycles. The summed E-state index contributed by atoms with van der Waals surface area (Å²) >= 11 is 0. The van der Waals surface area contributed by atoms with Gasteiger partial charge in [-0.15, -0.1) is 0 Å². The highest BCUT2D eigenvalue weighted by atomic mass is 19.2. The summed E-state index contributed by atoms with van der Waals surface area (Å²) in [6.07, 6.45) is 0.0754. The van der Waals surface area contributed by atoms with E-state index in [0.29, 0.717) is 11.3 Å². The van der Waals surface area contributed by atoms with E-state index >= 15 is 0 Å². The Morgan fingerprint density at radius 3 is 2.38 bits per heavy atom. The van der Waals surface area contributed by atoms with E-state index in [9.17, 15) is 13.6 Å². The van der Waals surface area contributed by atoms with Crippen molar-refractivity contribution < 1.29 is 18.7 Å². The average molecular weight is 229 g/mol. The van der Waals surface area contributed by atoms with Crippen molar-refractivity contribution in [3.8, 4) is 0 Å². The van der Waals surface area contributed by atoms with Crippen LogP contribution in [0.1, 0.15) is 12.0 Å². The lowest BCUT2D eigenvalue weighted by molar-refractivity contribution is -0.136. The highest BCUT2D eigenvalue weighted by Gasteiger charge is 2.12. The monoisotopic (exact) mass is 229 g/mol. The van der Waals surface area contributed by atoms with Crippen LogP contribution in [0.4, 0.5) is 14.5 Å². The molecule has 0 saturated heterocycles. The molecule has 0 spiro atoms. The first-order valence-electron chi connectivity index (χ1n) is 4.79. The molecule has 0 aliphatic rings. The minimum Gasteiger partial charge on any atom is -0.481 e. The van der Waals surface area contributed by atoms with Gasteiger partial charge in [0.05, 0.1) is 0 Å². The lowest BCUT2D eigenvalue weighted by Crippen LogP contribution is -2.13.